The number of nitrogens with one attached hydrogen (secondary N) is 1. The lowest BCUT2D eigenvalue weighted by atomic mass is 10.1. The highest BCUT2D eigenvalue weighted by Gasteiger charge is 2.13. The fourth-order valence-corrected chi connectivity index (χ4v) is 2.19. The van der Waals surface area contributed by atoms with Crippen LogP contribution in [0.25, 0.3) is 0 Å². The number of ether oxygens (including phenoxy) is 1. The molecule has 0 aliphatic carbocycles. The number of benzene rings is 1. The van der Waals surface area contributed by atoms with Gasteiger partial charge in [-0.3, -0.25) is 0 Å². The molecular formula is C14H21NO2. The van der Waals surface area contributed by atoms with Crippen LogP contribution in [-0.4, -0.2) is 31.0 Å². The van der Waals surface area contributed by atoms with Crippen molar-refractivity contribution < 1.29 is 9.84 Å². The maximum absolute atomic E-state index is 8.83. The molecule has 2 rings (SSSR count). The average molecular weight is 235 g/mol. The van der Waals surface area contributed by atoms with E-state index in [1.807, 2.05) is 0 Å². The largest absolute Gasteiger partial charge is 0.396 e. The Bertz CT molecular complexity index is 335. The number of aliphatic hydroxyl groups is 1. The number of anilines is 1. The molecule has 94 valence electrons. The first kappa shape index (κ1) is 12.4. The van der Waals surface area contributed by atoms with E-state index in [4.69, 9.17) is 9.84 Å². The second-order valence-electron chi connectivity index (χ2n) is 4.59. The summed E-state index contributed by atoms with van der Waals surface area (Å²) in [5, 5.41) is 12.3. The predicted octanol–water partition coefficient (Wildman–Crippen LogP) is 2.20. The fraction of sp³-hybridized carbons (Fsp3) is 0.571. The summed E-state index contributed by atoms with van der Waals surface area (Å²) < 4.78 is 5.45. The summed E-state index contributed by atoms with van der Waals surface area (Å²) in [7, 11) is 0. The van der Waals surface area contributed by atoms with Crippen LogP contribution in [-0.2, 0) is 11.2 Å². The lowest BCUT2D eigenvalue weighted by Crippen LogP contribution is -2.29. The first-order valence-electron chi connectivity index (χ1n) is 6.42. The average Bonchev–Trinajstić information content (AvgIpc) is 2.38. The van der Waals surface area contributed by atoms with E-state index >= 15 is 0 Å². The Balaban J connectivity index is 1.90. The van der Waals surface area contributed by atoms with E-state index in [0.29, 0.717) is 6.04 Å². The van der Waals surface area contributed by atoms with E-state index in [1.54, 1.807) is 0 Å². The molecule has 0 amide bonds. The fourth-order valence-electron chi connectivity index (χ4n) is 2.19. The summed E-state index contributed by atoms with van der Waals surface area (Å²) in [6.07, 6.45) is 4.09. The van der Waals surface area contributed by atoms with Gasteiger partial charge in [0, 0.05) is 24.9 Å². The van der Waals surface area contributed by atoms with Crippen molar-refractivity contribution in [3.05, 3.63) is 29.8 Å². The number of hydrogen-bond donors (Lipinski definition) is 2. The molecular weight excluding hydrogens is 214 g/mol. The van der Waals surface area contributed by atoms with Crippen LogP contribution < -0.4 is 5.32 Å². The highest BCUT2D eigenvalue weighted by Crippen LogP contribution is 2.16. The van der Waals surface area contributed by atoms with Gasteiger partial charge >= 0.3 is 0 Å². The van der Waals surface area contributed by atoms with Crippen molar-refractivity contribution in [2.75, 3.05) is 25.1 Å². The molecule has 17 heavy (non-hydrogen) atoms. The molecule has 3 nitrogen and oxygen atoms in total. The van der Waals surface area contributed by atoms with E-state index in [1.165, 1.54) is 12.0 Å². The van der Waals surface area contributed by atoms with Gasteiger partial charge in [0.15, 0.2) is 0 Å². The van der Waals surface area contributed by atoms with Crippen molar-refractivity contribution in [1.29, 1.82) is 0 Å². The van der Waals surface area contributed by atoms with Gasteiger partial charge < -0.3 is 15.2 Å². The Morgan fingerprint density at radius 3 is 3.12 bits per heavy atom. The molecule has 1 unspecified atom stereocenters. The Morgan fingerprint density at radius 2 is 2.35 bits per heavy atom. The molecule has 1 heterocycles. The van der Waals surface area contributed by atoms with Gasteiger partial charge in [-0.25, -0.2) is 0 Å². The lowest BCUT2D eigenvalue weighted by Gasteiger charge is -2.24. The standard InChI is InChI=1S/C14H21NO2/c16-8-2-5-12-4-1-6-13(10-12)15-14-7-3-9-17-11-14/h1,4,6,10,14-16H,2-3,5,7-9,11H2. The highest BCUT2D eigenvalue weighted by molar-refractivity contribution is 5.46. The van der Waals surface area contributed by atoms with Crippen molar-refractivity contribution in [1.82, 2.24) is 0 Å². The van der Waals surface area contributed by atoms with Gasteiger partial charge in [0.1, 0.15) is 0 Å². The topological polar surface area (TPSA) is 41.5 Å². The second kappa shape index (κ2) is 6.62. The molecule has 1 aliphatic rings. The minimum atomic E-state index is 0.258. The third-order valence-corrected chi connectivity index (χ3v) is 3.08. The summed E-state index contributed by atoms with van der Waals surface area (Å²) in [6, 6.07) is 8.88. The van der Waals surface area contributed by atoms with E-state index in [9.17, 15) is 0 Å². The molecule has 1 aromatic rings. The summed E-state index contributed by atoms with van der Waals surface area (Å²) in [6.45, 7) is 1.96. The molecule has 1 saturated heterocycles. The minimum Gasteiger partial charge on any atom is -0.396 e. The maximum Gasteiger partial charge on any atom is 0.0667 e. The molecule has 2 N–H and O–H groups in total. The zero-order valence-electron chi connectivity index (χ0n) is 10.2. The summed E-state index contributed by atoms with van der Waals surface area (Å²) in [4.78, 5) is 0. The molecule has 0 bridgehead atoms. The number of hydrogen-bond acceptors (Lipinski definition) is 3. The molecule has 3 heteroatoms. The van der Waals surface area contributed by atoms with E-state index < -0.39 is 0 Å². The Hall–Kier alpha value is -1.06. The molecule has 0 spiro atoms. The van der Waals surface area contributed by atoms with Gasteiger partial charge in [-0.15, -0.1) is 0 Å². The molecule has 1 fully saturated rings. The van der Waals surface area contributed by atoms with Crippen LogP contribution in [0, 0.1) is 0 Å². The summed E-state index contributed by atoms with van der Waals surface area (Å²) in [5.41, 5.74) is 2.44. The van der Waals surface area contributed by atoms with Gasteiger partial charge in [0.2, 0.25) is 0 Å². The highest BCUT2D eigenvalue weighted by atomic mass is 16.5. The van der Waals surface area contributed by atoms with Gasteiger partial charge in [-0.2, -0.15) is 0 Å². The zero-order chi connectivity index (χ0) is 11.9. The number of rotatable bonds is 5. The molecule has 0 radical (unpaired) electrons. The van der Waals surface area contributed by atoms with Crippen LogP contribution in [0.5, 0.6) is 0 Å². The van der Waals surface area contributed by atoms with Crippen LogP contribution in [0.4, 0.5) is 5.69 Å². The zero-order valence-corrected chi connectivity index (χ0v) is 10.2. The van der Waals surface area contributed by atoms with Crippen LogP contribution in [0.1, 0.15) is 24.8 Å². The molecule has 0 aromatic heterocycles. The smallest absolute Gasteiger partial charge is 0.0667 e. The Kier molecular flexibility index (Phi) is 4.83. The SMILES string of the molecule is OCCCc1cccc(NC2CCCOC2)c1. The second-order valence-corrected chi connectivity index (χ2v) is 4.59. The molecule has 1 atom stereocenters. The Morgan fingerprint density at radius 1 is 1.41 bits per heavy atom. The first-order chi connectivity index (χ1) is 8.38. The van der Waals surface area contributed by atoms with E-state index in [2.05, 4.69) is 29.6 Å². The maximum atomic E-state index is 8.83. The third-order valence-electron chi connectivity index (χ3n) is 3.08. The predicted molar refractivity (Wildman–Crippen MR) is 69.3 cm³/mol. The van der Waals surface area contributed by atoms with E-state index in [0.717, 1.165) is 38.2 Å². The molecule has 0 saturated carbocycles. The minimum absolute atomic E-state index is 0.258. The summed E-state index contributed by atoms with van der Waals surface area (Å²) >= 11 is 0. The van der Waals surface area contributed by atoms with Gasteiger partial charge in [0.05, 0.1) is 6.61 Å². The van der Waals surface area contributed by atoms with Crippen molar-refractivity contribution in [2.45, 2.75) is 31.7 Å². The molecule has 1 aromatic carbocycles. The van der Waals surface area contributed by atoms with Gasteiger partial charge in [-0.05, 0) is 43.4 Å². The van der Waals surface area contributed by atoms with Crippen LogP contribution in [0.2, 0.25) is 0 Å². The number of aryl methyl sites for hydroxylation is 1. The van der Waals surface area contributed by atoms with E-state index in [-0.39, 0.29) is 6.61 Å². The monoisotopic (exact) mass is 235 g/mol. The van der Waals surface area contributed by atoms with Gasteiger partial charge in [0.25, 0.3) is 0 Å². The number of aliphatic hydroxyl groups excluding tert-OH is 1. The van der Waals surface area contributed by atoms with Crippen LogP contribution >= 0.6 is 0 Å². The third kappa shape index (κ3) is 4.02. The van der Waals surface area contributed by atoms with Crippen molar-refractivity contribution in [2.24, 2.45) is 0 Å². The van der Waals surface area contributed by atoms with Crippen LogP contribution in [0.3, 0.4) is 0 Å². The van der Waals surface area contributed by atoms with Crippen molar-refractivity contribution in [3.8, 4) is 0 Å². The van der Waals surface area contributed by atoms with Crippen molar-refractivity contribution >= 4 is 5.69 Å². The molecule has 1 aliphatic heterocycles. The van der Waals surface area contributed by atoms with Crippen LogP contribution in [0.15, 0.2) is 24.3 Å². The van der Waals surface area contributed by atoms with Crippen molar-refractivity contribution in [3.63, 3.8) is 0 Å². The summed E-state index contributed by atoms with van der Waals surface area (Å²) in [5.74, 6) is 0. The Labute approximate surface area is 103 Å². The first-order valence-corrected chi connectivity index (χ1v) is 6.42. The lowest BCUT2D eigenvalue weighted by molar-refractivity contribution is 0.0876. The normalized spacial score (nSPS) is 20.2. The quantitative estimate of drug-likeness (QED) is 0.822. The van der Waals surface area contributed by atoms with Gasteiger partial charge in [-0.1, -0.05) is 12.1 Å².